The Labute approximate surface area is 137 Å². The van der Waals surface area contributed by atoms with Crippen molar-refractivity contribution in [1.29, 1.82) is 0 Å². The van der Waals surface area contributed by atoms with Crippen molar-refractivity contribution in [3.63, 3.8) is 0 Å². The zero-order valence-corrected chi connectivity index (χ0v) is 13.7. The lowest BCUT2D eigenvalue weighted by molar-refractivity contribution is 0.249. The van der Waals surface area contributed by atoms with Crippen LogP contribution in [-0.4, -0.2) is 22.4 Å². The third-order valence-corrected chi connectivity index (χ3v) is 3.50. The molecule has 0 aliphatic rings. The van der Waals surface area contributed by atoms with Crippen molar-refractivity contribution in [3.05, 3.63) is 46.4 Å². The number of fused-ring (bicyclic) bond motifs is 1. The smallest absolute Gasteiger partial charge is 0.174 e. The maximum atomic E-state index is 7.00. The monoisotopic (exact) mass is 342 g/mol. The number of hydrogen-bond acceptors (Lipinski definition) is 4. The zero-order chi connectivity index (χ0) is 16.1. The molecule has 2 N–H and O–H groups in total. The third-order valence-electron chi connectivity index (χ3n) is 2.92. The Balaban J connectivity index is 0.000000847. The second-order valence-electron chi connectivity index (χ2n) is 4.52. The number of aromatic nitrogens is 2. The van der Waals surface area contributed by atoms with Crippen LogP contribution in [0.1, 0.15) is 17.1 Å². The molecular formula is C15H16Cl2N2O3. The van der Waals surface area contributed by atoms with Crippen LogP contribution < -0.4 is 4.74 Å². The SMILES string of the molecule is CO.Cc1cc(COc2cc3[nH]c(CCl)cc3cc2Cl)on1. The highest BCUT2D eigenvalue weighted by atomic mass is 35.5. The lowest BCUT2D eigenvalue weighted by atomic mass is 10.2. The quantitative estimate of drug-likeness (QED) is 0.701. The van der Waals surface area contributed by atoms with Gasteiger partial charge in [0, 0.05) is 35.8 Å². The zero-order valence-electron chi connectivity index (χ0n) is 12.2. The number of aliphatic hydroxyl groups excluding tert-OH is 1. The Kier molecular flexibility index (Phi) is 5.71. The van der Waals surface area contributed by atoms with Crippen LogP contribution >= 0.6 is 23.2 Å². The average Bonchev–Trinajstić information content (AvgIpc) is 3.12. The van der Waals surface area contributed by atoms with Crippen LogP contribution in [0.3, 0.4) is 0 Å². The third kappa shape index (κ3) is 3.74. The van der Waals surface area contributed by atoms with E-state index in [-0.39, 0.29) is 6.61 Å². The normalized spacial score (nSPS) is 10.4. The van der Waals surface area contributed by atoms with Crippen molar-refractivity contribution in [3.8, 4) is 5.75 Å². The molecule has 3 aromatic rings. The van der Waals surface area contributed by atoms with Crippen molar-refractivity contribution in [2.45, 2.75) is 19.4 Å². The van der Waals surface area contributed by atoms with Crippen molar-refractivity contribution in [1.82, 2.24) is 10.1 Å². The van der Waals surface area contributed by atoms with Crippen LogP contribution in [0.2, 0.25) is 5.02 Å². The van der Waals surface area contributed by atoms with E-state index in [4.69, 9.17) is 37.6 Å². The van der Waals surface area contributed by atoms with Crippen LogP contribution in [0.25, 0.3) is 10.9 Å². The van der Waals surface area contributed by atoms with E-state index in [1.807, 2.05) is 31.2 Å². The van der Waals surface area contributed by atoms with Gasteiger partial charge in [0.1, 0.15) is 12.4 Å². The maximum Gasteiger partial charge on any atom is 0.174 e. The molecule has 118 valence electrons. The van der Waals surface area contributed by atoms with Gasteiger partial charge in [0.15, 0.2) is 5.76 Å². The van der Waals surface area contributed by atoms with E-state index in [0.717, 1.165) is 29.4 Å². The number of aromatic amines is 1. The summed E-state index contributed by atoms with van der Waals surface area (Å²) in [6.45, 7) is 2.15. The summed E-state index contributed by atoms with van der Waals surface area (Å²) < 4.78 is 10.8. The van der Waals surface area contributed by atoms with E-state index in [1.54, 1.807) is 0 Å². The molecule has 1 aromatic carbocycles. The standard InChI is InChI=1S/C14H12Cl2N2O2.CH4O/c1-8-2-11(20-18-8)7-19-14-5-13-9(4-12(14)16)3-10(6-15)17-13;1-2/h2-5,17H,6-7H2,1H3;2H,1H3. The molecule has 3 rings (SSSR count). The number of benzene rings is 1. The number of hydrogen-bond donors (Lipinski definition) is 2. The minimum Gasteiger partial charge on any atom is -0.484 e. The minimum atomic E-state index is 0.287. The lowest BCUT2D eigenvalue weighted by Gasteiger charge is -2.06. The first-order chi connectivity index (χ1) is 10.7. The predicted molar refractivity (Wildman–Crippen MR) is 86.6 cm³/mol. The van der Waals surface area contributed by atoms with E-state index >= 15 is 0 Å². The molecule has 0 saturated carbocycles. The highest BCUT2D eigenvalue weighted by Crippen LogP contribution is 2.31. The number of nitrogens with zero attached hydrogens (tertiary/aromatic N) is 1. The van der Waals surface area contributed by atoms with Crippen molar-refractivity contribution in [2.75, 3.05) is 7.11 Å². The molecule has 0 spiro atoms. The van der Waals surface area contributed by atoms with Crippen LogP contribution in [0.15, 0.2) is 28.8 Å². The van der Waals surface area contributed by atoms with Crippen molar-refractivity contribution >= 4 is 34.1 Å². The molecule has 0 saturated heterocycles. The van der Waals surface area contributed by atoms with Crippen LogP contribution in [0.4, 0.5) is 0 Å². The molecule has 0 aliphatic heterocycles. The molecule has 0 atom stereocenters. The topological polar surface area (TPSA) is 71.3 Å². The van der Waals surface area contributed by atoms with E-state index < -0.39 is 0 Å². The van der Waals surface area contributed by atoms with Gasteiger partial charge in [-0.05, 0) is 19.1 Å². The molecule has 0 radical (unpaired) electrons. The van der Waals surface area contributed by atoms with E-state index in [9.17, 15) is 0 Å². The summed E-state index contributed by atoms with van der Waals surface area (Å²) in [6.07, 6.45) is 0. The van der Waals surface area contributed by atoms with Gasteiger partial charge in [-0.15, -0.1) is 11.6 Å². The van der Waals surface area contributed by atoms with E-state index in [0.29, 0.717) is 22.4 Å². The van der Waals surface area contributed by atoms with Gasteiger partial charge in [0.25, 0.3) is 0 Å². The summed E-state index contributed by atoms with van der Waals surface area (Å²) in [5.41, 5.74) is 2.70. The van der Waals surface area contributed by atoms with Gasteiger partial charge in [-0.25, -0.2) is 0 Å². The predicted octanol–water partition coefficient (Wildman–Crippen LogP) is 4.04. The van der Waals surface area contributed by atoms with Crippen LogP contribution in [0, 0.1) is 6.92 Å². The Morgan fingerprint density at radius 1 is 1.27 bits per heavy atom. The second kappa shape index (κ2) is 7.54. The largest absolute Gasteiger partial charge is 0.484 e. The van der Waals surface area contributed by atoms with Crippen LogP contribution in [0.5, 0.6) is 5.75 Å². The minimum absolute atomic E-state index is 0.287. The van der Waals surface area contributed by atoms with Gasteiger partial charge in [-0.3, -0.25) is 0 Å². The van der Waals surface area contributed by atoms with Crippen LogP contribution in [-0.2, 0) is 12.5 Å². The number of rotatable bonds is 4. The molecule has 2 heterocycles. The summed E-state index contributed by atoms with van der Waals surface area (Å²) in [4.78, 5) is 3.21. The van der Waals surface area contributed by atoms with E-state index in [2.05, 4.69) is 10.1 Å². The summed E-state index contributed by atoms with van der Waals surface area (Å²) >= 11 is 12.0. The number of aliphatic hydroxyl groups is 1. The maximum absolute atomic E-state index is 7.00. The van der Waals surface area contributed by atoms with Gasteiger partial charge >= 0.3 is 0 Å². The molecule has 7 heteroatoms. The fraction of sp³-hybridized carbons (Fsp3) is 0.267. The molecule has 0 bridgehead atoms. The first kappa shape index (κ1) is 16.7. The number of halogens is 2. The number of ether oxygens (including phenoxy) is 1. The number of alkyl halides is 1. The average molecular weight is 343 g/mol. The molecular weight excluding hydrogens is 327 g/mol. The number of nitrogens with one attached hydrogen (secondary N) is 1. The highest BCUT2D eigenvalue weighted by Gasteiger charge is 2.09. The molecule has 5 nitrogen and oxygen atoms in total. The van der Waals surface area contributed by atoms with Gasteiger partial charge in [-0.1, -0.05) is 16.8 Å². The van der Waals surface area contributed by atoms with Crippen molar-refractivity contribution in [2.24, 2.45) is 0 Å². The summed E-state index contributed by atoms with van der Waals surface area (Å²) in [7, 11) is 1.00. The van der Waals surface area contributed by atoms with E-state index in [1.165, 1.54) is 0 Å². The first-order valence-corrected chi connectivity index (χ1v) is 7.44. The summed E-state index contributed by atoms with van der Waals surface area (Å²) in [6, 6.07) is 7.51. The first-order valence-electron chi connectivity index (χ1n) is 6.52. The second-order valence-corrected chi connectivity index (χ2v) is 5.20. The van der Waals surface area contributed by atoms with Gasteiger partial charge in [0.05, 0.1) is 16.6 Å². The fourth-order valence-electron chi connectivity index (χ4n) is 2.01. The molecule has 0 unspecified atom stereocenters. The highest BCUT2D eigenvalue weighted by molar-refractivity contribution is 6.32. The molecule has 22 heavy (non-hydrogen) atoms. The summed E-state index contributed by atoms with van der Waals surface area (Å²) in [5, 5.41) is 12.4. The molecule has 0 fully saturated rings. The molecule has 0 aliphatic carbocycles. The molecule has 2 aromatic heterocycles. The van der Waals surface area contributed by atoms with Crippen molar-refractivity contribution < 1.29 is 14.4 Å². The molecule has 0 amide bonds. The Bertz CT molecular complexity index is 752. The van der Waals surface area contributed by atoms with Gasteiger partial charge < -0.3 is 19.4 Å². The fourth-order valence-corrected chi connectivity index (χ4v) is 2.38. The van der Waals surface area contributed by atoms with Gasteiger partial charge in [-0.2, -0.15) is 0 Å². The Morgan fingerprint density at radius 3 is 2.68 bits per heavy atom. The summed E-state index contributed by atoms with van der Waals surface area (Å²) in [5.74, 6) is 1.68. The lowest BCUT2D eigenvalue weighted by Crippen LogP contribution is -1.94. The van der Waals surface area contributed by atoms with Gasteiger partial charge in [0.2, 0.25) is 0 Å². The number of aryl methyl sites for hydroxylation is 1. The Hall–Kier alpha value is -1.69. The Morgan fingerprint density at radius 2 is 2.05 bits per heavy atom. The number of H-pyrrole nitrogens is 1.